The molecule has 1 aliphatic heterocycles. The lowest BCUT2D eigenvalue weighted by molar-refractivity contribution is -0.149. The van der Waals surface area contributed by atoms with Gasteiger partial charge >= 0.3 is 5.97 Å². The lowest BCUT2D eigenvalue weighted by Gasteiger charge is -2.45. The number of hydrogen-bond acceptors (Lipinski definition) is 3. The maximum atomic E-state index is 10.8. The van der Waals surface area contributed by atoms with Gasteiger partial charge in [-0.2, -0.15) is 0 Å². The molecule has 1 aromatic rings. The fraction of sp³-hybridized carbons (Fsp3) is 0.400. The van der Waals surface area contributed by atoms with Gasteiger partial charge in [0.25, 0.3) is 0 Å². The van der Waals surface area contributed by atoms with Crippen LogP contribution in [0.3, 0.4) is 0 Å². The molecule has 1 aromatic heterocycles. The molecule has 0 saturated carbocycles. The summed E-state index contributed by atoms with van der Waals surface area (Å²) in [5.74, 6) is 0.121. The van der Waals surface area contributed by atoms with Gasteiger partial charge in [0, 0.05) is 19.3 Å². The molecule has 14 heavy (non-hydrogen) atoms. The molecule has 1 fully saturated rings. The number of aliphatic carboxylic acids is 1. The summed E-state index contributed by atoms with van der Waals surface area (Å²) in [4.78, 5) is 17.0. The molecule has 0 amide bonds. The summed E-state index contributed by atoms with van der Waals surface area (Å²) in [5.41, 5.74) is -0.600. The fourth-order valence-corrected chi connectivity index (χ4v) is 1.63. The molecule has 0 atom stereocenters. The Kier molecular flexibility index (Phi) is 1.91. The van der Waals surface area contributed by atoms with Crippen molar-refractivity contribution in [3.05, 3.63) is 24.4 Å². The van der Waals surface area contributed by atoms with Gasteiger partial charge < -0.3 is 10.0 Å². The quantitative estimate of drug-likeness (QED) is 0.759. The van der Waals surface area contributed by atoms with E-state index in [2.05, 4.69) is 4.98 Å². The van der Waals surface area contributed by atoms with E-state index in [9.17, 15) is 4.79 Å². The van der Waals surface area contributed by atoms with Gasteiger partial charge in [0.1, 0.15) is 5.82 Å². The molecule has 2 heterocycles. The third-order valence-corrected chi connectivity index (χ3v) is 2.57. The molecule has 4 nitrogen and oxygen atoms in total. The minimum absolute atomic E-state index is 0.541. The van der Waals surface area contributed by atoms with Gasteiger partial charge in [0.05, 0.1) is 5.41 Å². The van der Waals surface area contributed by atoms with Crippen molar-refractivity contribution in [1.82, 2.24) is 4.98 Å². The van der Waals surface area contributed by atoms with E-state index in [0.29, 0.717) is 13.1 Å². The average molecular weight is 192 g/mol. The molecule has 0 aliphatic carbocycles. The summed E-state index contributed by atoms with van der Waals surface area (Å²) < 4.78 is 0. The summed E-state index contributed by atoms with van der Waals surface area (Å²) in [6.07, 6.45) is 1.71. The molecule has 1 saturated heterocycles. The smallest absolute Gasteiger partial charge is 0.312 e. The topological polar surface area (TPSA) is 53.4 Å². The second kappa shape index (κ2) is 2.97. The zero-order valence-electron chi connectivity index (χ0n) is 7.97. The highest BCUT2D eigenvalue weighted by Gasteiger charge is 2.45. The molecule has 1 N–H and O–H groups in total. The molecule has 1 aliphatic rings. The number of carbonyl (C=O) groups is 1. The number of rotatable bonds is 2. The zero-order valence-corrected chi connectivity index (χ0v) is 7.97. The Morgan fingerprint density at radius 3 is 2.79 bits per heavy atom. The summed E-state index contributed by atoms with van der Waals surface area (Å²) in [7, 11) is 0. The SMILES string of the molecule is CC1(C(=O)O)CN(c2ccccn2)C1. The molecule has 74 valence electrons. The molecule has 0 unspecified atom stereocenters. The Morgan fingerprint density at radius 2 is 2.29 bits per heavy atom. The summed E-state index contributed by atoms with van der Waals surface area (Å²) in [6.45, 7) is 2.84. The van der Waals surface area contributed by atoms with Gasteiger partial charge in [-0.3, -0.25) is 4.79 Å². The Morgan fingerprint density at radius 1 is 1.57 bits per heavy atom. The second-order valence-corrected chi connectivity index (χ2v) is 3.91. The zero-order chi connectivity index (χ0) is 10.2. The van der Waals surface area contributed by atoms with E-state index in [1.807, 2.05) is 23.1 Å². The van der Waals surface area contributed by atoms with Crippen molar-refractivity contribution in [3.8, 4) is 0 Å². The van der Waals surface area contributed by atoms with Crippen LogP contribution in [0.5, 0.6) is 0 Å². The van der Waals surface area contributed by atoms with E-state index in [1.54, 1.807) is 13.1 Å². The monoisotopic (exact) mass is 192 g/mol. The van der Waals surface area contributed by atoms with Gasteiger partial charge in [0.15, 0.2) is 0 Å². The number of aromatic nitrogens is 1. The number of pyridine rings is 1. The maximum Gasteiger partial charge on any atom is 0.312 e. The molecule has 0 bridgehead atoms. The van der Waals surface area contributed by atoms with Crippen molar-refractivity contribution in [2.24, 2.45) is 5.41 Å². The largest absolute Gasteiger partial charge is 0.481 e. The van der Waals surface area contributed by atoms with Crippen LogP contribution in [0.15, 0.2) is 24.4 Å². The maximum absolute atomic E-state index is 10.8. The molecule has 2 rings (SSSR count). The standard InChI is InChI=1S/C10H12N2O2/c1-10(9(13)14)6-12(7-10)8-4-2-3-5-11-8/h2-5H,6-7H2,1H3,(H,13,14). The summed E-state index contributed by atoms with van der Waals surface area (Å²) in [5, 5.41) is 8.91. The van der Waals surface area contributed by atoms with E-state index < -0.39 is 11.4 Å². The second-order valence-electron chi connectivity index (χ2n) is 3.91. The van der Waals surface area contributed by atoms with Gasteiger partial charge in [-0.05, 0) is 19.1 Å². The Balaban J connectivity index is 2.05. The lowest BCUT2D eigenvalue weighted by Crippen LogP contribution is -2.59. The van der Waals surface area contributed by atoms with Crippen molar-refractivity contribution in [3.63, 3.8) is 0 Å². The van der Waals surface area contributed by atoms with Crippen molar-refractivity contribution in [1.29, 1.82) is 0 Å². The third kappa shape index (κ3) is 1.32. The van der Waals surface area contributed by atoms with E-state index in [-0.39, 0.29) is 0 Å². The van der Waals surface area contributed by atoms with Gasteiger partial charge in [0.2, 0.25) is 0 Å². The van der Waals surface area contributed by atoms with Crippen LogP contribution >= 0.6 is 0 Å². The first-order chi connectivity index (χ1) is 6.62. The Hall–Kier alpha value is -1.58. The predicted octanol–water partition coefficient (Wildman–Crippen LogP) is 0.992. The molecule has 0 aromatic carbocycles. The van der Waals surface area contributed by atoms with Crippen LogP contribution < -0.4 is 4.90 Å². The minimum atomic E-state index is -0.732. The first kappa shape index (κ1) is 8.99. The first-order valence-electron chi connectivity index (χ1n) is 4.51. The summed E-state index contributed by atoms with van der Waals surface area (Å²) >= 11 is 0. The van der Waals surface area contributed by atoms with Crippen LogP contribution in [0.1, 0.15) is 6.92 Å². The van der Waals surface area contributed by atoms with Crippen LogP contribution in [-0.4, -0.2) is 29.1 Å². The minimum Gasteiger partial charge on any atom is -0.481 e. The van der Waals surface area contributed by atoms with Crippen LogP contribution in [0.4, 0.5) is 5.82 Å². The van der Waals surface area contributed by atoms with Gasteiger partial charge in [-0.25, -0.2) is 4.98 Å². The van der Waals surface area contributed by atoms with E-state index in [1.165, 1.54) is 0 Å². The number of anilines is 1. The van der Waals surface area contributed by atoms with Crippen LogP contribution in [-0.2, 0) is 4.79 Å². The van der Waals surface area contributed by atoms with E-state index >= 15 is 0 Å². The molecule has 4 heteroatoms. The van der Waals surface area contributed by atoms with Crippen LogP contribution in [0, 0.1) is 5.41 Å². The van der Waals surface area contributed by atoms with E-state index in [4.69, 9.17) is 5.11 Å². The van der Waals surface area contributed by atoms with Crippen LogP contribution in [0.25, 0.3) is 0 Å². The van der Waals surface area contributed by atoms with E-state index in [0.717, 1.165) is 5.82 Å². The number of carboxylic acid groups (broad SMARTS) is 1. The fourth-order valence-electron chi connectivity index (χ4n) is 1.63. The highest BCUT2D eigenvalue weighted by molar-refractivity contribution is 5.78. The average Bonchev–Trinajstić information content (AvgIpc) is 2.14. The van der Waals surface area contributed by atoms with Gasteiger partial charge in [-0.15, -0.1) is 0 Å². The summed E-state index contributed by atoms with van der Waals surface area (Å²) in [6, 6.07) is 5.64. The lowest BCUT2D eigenvalue weighted by atomic mass is 9.82. The third-order valence-electron chi connectivity index (χ3n) is 2.57. The normalized spacial score (nSPS) is 18.8. The predicted molar refractivity (Wildman–Crippen MR) is 52.2 cm³/mol. The number of hydrogen-bond donors (Lipinski definition) is 1. The van der Waals surface area contributed by atoms with Crippen molar-refractivity contribution in [2.75, 3.05) is 18.0 Å². The van der Waals surface area contributed by atoms with Crippen molar-refractivity contribution in [2.45, 2.75) is 6.92 Å². The Bertz CT molecular complexity index is 344. The van der Waals surface area contributed by atoms with Crippen molar-refractivity contribution < 1.29 is 9.90 Å². The molecular formula is C10H12N2O2. The van der Waals surface area contributed by atoms with Crippen LogP contribution in [0.2, 0.25) is 0 Å². The highest BCUT2D eigenvalue weighted by atomic mass is 16.4. The molecular weight excluding hydrogens is 180 g/mol. The highest BCUT2D eigenvalue weighted by Crippen LogP contribution is 2.32. The van der Waals surface area contributed by atoms with Crippen molar-refractivity contribution >= 4 is 11.8 Å². The Labute approximate surface area is 82.2 Å². The first-order valence-corrected chi connectivity index (χ1v) is 4.51. The number of carboxylic acids is 1. The number of nitrogens with zero attached hydrogens (tertiary/aromatic N) is 2. The molecule has 0 spiro atoms. The van der Waals surface area contributed by atoms with Gasteiger partial charge in [-0.1, -0.05) is 6.07 Å². The molecule has 0 radical (unpaired) electrons.